The fourth-order valence-electron chi connectivity index (χ4n) is 7.60. The van der Waals surface area contributed by atoms with Gasteiger partial charge in [0, 0.05) is 52.9 Å². The third kappa shape index (κ3) is 15.4. The lowest BCUT2D eigenvalue weighted by Crippen LogP contribution is -2.36. The number of ether oxygens (including phenoxy) is 5. The molecule has 0 amide bonds. The number of halogens is 6. The number of pyridine rings is 2. The number of H-pyrrole nitrogens is 2. The van der Waals surface area contributed by atoms with E-state index in [0.29, 0.717) is 60.1 Å². The summed E-state index contributed by atoms with van der Waals surface area (Å²) >= 11 is 0. The predicted octanol–water partition coefficient (Wildman–Crippen LogP) is 11.3. The van der Waals surface area contributed by atoms with Crippen LogP contribution in [0.5, 0.6) is 11.5 Å². The van der Waals surface area contributed by atoms with Gasteiger partial charge in [-0.2, -0.15) is 26.3 Å². The molecule has 6 aromatic rings. The zero-order valence-electron chi connectivity index (χ0n) is 43.1. The number of carboxylic acid groups (broad SMARTS) is 1. The fourth-order valence-corrected chi connectivity index (χ4v) is 9.11. The van der Waals surface area contributed by atoms with Gasteiger partial charge in [-0.3, -0.25) is 19.6 Å². The van der Waals surface area contributed by atoms with Crippen molar-refractivity contribution < 1.29 is 73.9 Å². The first-order chi connectivity index (χ1) is 35.3. The molecule has 2 aliphatic rings. The van der Waals surface area contributed by atoms with Crippen molar-refractivity contribution in [3.05, 3.63) is 109 Å². The van der Waals surface area contributed by atoms with E-state index in [4.69, 9.17) is 23.7 Å². The Kier molecular flexibility index (Phi) is 17.2. The first-order valence-electron chi connectivity index (χ1n) is 24.5. The van der Waals surface area contributed by atoms with E-state index in [2.05, 4.69) is 59.2 Å². The van der Waals surface area contributed by atoms with Crippen LogP contribution >= 0.6 is 0 Å². The summed E-state index contributed by atoms with van der Waals surface area (Å²) in [5.41, 5.74) is 0.918. The van der Waals surface area contributed by atoms with Gasteiger partial charge in [-0.25, -0.2) is 19.1 Å². The van der Waals surface area contributed by atoms with Gasteiger partial charge in [0.2, 0.25) is 11.4 Å². The summed E-state index contributed by atoms with van der Waals surface area (Å²) in [5, 5.41) is 9.27. The SMILES string of the molecule is COC(=O)C1(COc2ccc(-c3ccc(-c4[nH]c(C(F)(F)F)c[n+]4COCC[Si](C)(C)C)cn3)cc2)CC1.C[Si](C)(C)CCOC[n+]1cc(C(F)(F)F)[nH]c1-c1ccc(-c2ccc(OCC3(C(=O)O)CC3)cc2)nc1. The summed E-state index contributed by atoms with van der Waals surface area (Å²) < 4.78 is 111. The van der Waals surface area contributed by atoms with Crippen LogP contribution < -0.4 is 18.6 Å². The van der Waals surface area contributed by atoms with E-state index in [1.807, 2.05) is 12.1 Å². The van der Waals surface area contributed by atoms with Crippen LogP contribution in [0.2, 0.25) is 51.4 Å². The number of esters is 1. The largest absolute Gasteiger partial charge is 0.492 e. The molecule has 0 radical (unpaired) electrons. The van der Waals surface area contributed by atoms with Crippen molar-refractivity contribution in [2.24, 2.45) is 10.8 Å². The van der Waals surface area contributed by atoms with Crippen LogP contribution in [0.25, 0.3) is 45.3 Å². The Hall–Kier alpha value is -6.37. The minimum atomic E-state index is -4.51. The maximum atomic E-state index is 13.4. The Bertz CT molecular complexity index is 2870. The molecule has 0 aliphatic heterocycles. The van der Waals surface area contributed by atoms with Crippen LogP contribution in [0, 0.1) is 10.8 Å². The molecule has 0 saturated heterocycles. The van der Waals surface area contributed by atoms with Crippen molar-refractivity contribution in [3.63, 3.8) is 0 Å². The van der Waals surface area contributed by atoms with Gasteiger partial charge in [0.15, 0.2) is 13.5 Å². The number of nitrogens with one attached hydrogen (secondary N) is 2. The average Bonchev–Trinajstić information content (AvgIpc) is 4.25. The van der Waals surface area contributed by atoms with E-state index in [1.165, 1.54) is 28.6 Å². The number of rotatable bonds is 22. The molecule has 14 nitrogen and oxygen atoms in total. The van der Waals surface area contributed by atoms with Crippen LogP contribution in [-0.2, 0) is 49.6 Å². The highest BCUT2D eigenvalue weighted by Crippen LogP contribution is 2.47. The number of hydrogen-bond donors (Lipinski definition) is 3. The van der Waals surface area contributed by atoms with E-state index in [9.17, 15) is 41.0 Å². The molecular weight excluding hydrogens is 1020 g/mol. The standard InChI is InChI=1S/C27H32F3N3O4Si.C26H30F3N3O4Si/c1-35-25(34)26(11-12-26)17-37-21-8-5-19(6-9-21)22-10-7-20(15-31-22)24-32-23(27(28,29)30)16-33(24)18-36-13-14-38(2,3)4;1-37(2,3)13-12-35-17-32-15-22(26(27,28)29)31-23(32)19-6-9-21(30-14-19)18-4-7-20(8-5-18)36-16-25(10-11-25)24(33)34/h5-10,15-16H,11-14,17-18H2,1-4H3;4-9,14-15H,10-13,16-17H2,1-3H3,(H,33,34)/p+2. The maximum Gasteiger partial charge on any atom is 0.457 e. The van der Waals surface area contributed by atoms with Gasteiger partial charge in [-0.05, 0) is 111 Å². The number of aromatic amines is 2. The van der Waals surface area contributed by atoms with Crippen molar-refractivity contribution in [1.82, 2.24) is 19.9 Å². The molecule has 2 aromatic carbocycles. The van der Waals surface area contributed by atoms with Crippen molar-refractivity contribution in [2.75, 3.05) is 33.5 Å². The van der Waals surface area contributed by atoms with Crippen LogP contribution in [0.4, 0.5) is 26.3 Å². The summed E-state index contributed by atoms with van der Waals surface area (Å²) in [4.78, 5) is 37.0. The number of imidazole rings is 2. The second-order valence-electron chi connectivity index (χ2n) is 21.5. The number of nitrogens with zero attached hydrogens (tertiary/aromatic N) is 4. The summed E-state index contributed by atoms with van der Waals surface area (Å²) in [6.45, 7) is 14.7. The molecule has 2 fully saturated rings. The topological polar surface area (TPSA) is 166 Å². The molecule has 22 heteroatoms. The van der Waals surface area contributed by atoms with E-state index >= 15 is 0 Å². The molecule has 0 atom stereocenters. The number of carbonyl (C=O) groups excluding carboxylic acids is 1. The summed E-state index contributed by atoms with van der Waals surface area (Å²) in [5.74, 6) is 0.638. The molecular formula is C53H64F6N6O8Si2+2. The summed E-state index contributed by atoms with van der Waals surface area (Å²) in [6, 6.07) is 23.2. The molecule has 402 valence electrons. The maximum absolute atomic E-state index is 13.4. The molecule has 75 heavy (non-hydrogen) atoms. The van der Waals surface area contributed by atoms with E-state index in [1.54, 1.807) is 60.7 Å². The first-order valence-corrected chi connectivity index (χ1v) is 31.9. The Balaban J connectivity index is 0.000000219. The molecule has 0 unspecified atom stereocenters. The van der Waals surface area contributed by atoms with Crippen molar-refractivity contribution >= 4 is 28.1 Å². The minimum absolute atomic E-state index is 0.00122. The summed E-state index contributed by atoms with van der Waals surface area (Å²) in [7, 11) is -1.26. The van der Waals surface area contributed by atoms with E-state index < -0.39 is 56.7 Å². The zero-order valence-corrected chi connectivity index (χ0v) is 45.1. The normalized spacial score (nSPS) is 14.9. The number of aliphatic carboxylic acids is 1. The molecule has 0 bridgehead atoms. The predicted molar refractivity (Wildman–Crippen MR) is 271 cm³/mol. The number of methoxy groups -OCH3 is 1. The van der Waals surface area contributed by atoms with Crippen LogP contribution in [0.1, 0.15) is 37.1 Å². The second kappa shape index (κ2) is 22.9. The zero-order chi connectivity index (χ0) is 54.4. The molecule has 8 rings (SSSR count). The Morgan fingerprint density at radius 1 is 0.600 bits per heavy atom. The van der Waals surface area contributed by atoms with Gasteiger partial charge < -0.3 is 28.8 Å². The minimum Gasteiger partial charge on any atom is -0.492 e. The Labute approximate surface area is 433 Å². The molecule has 3 N–H and O–H groups in total. The highest BCUT2D eigenvalue weighted by Gasteiger charge is 2.52. The highest BCUT2D eigenvalue weighted by atomic mass is 28.3. The third-order valence-corrected chi connectivity index (χ3v) is 16.3. The van der Waals surface area contributed by atoms with Crippen molar-refractivity contribution in [2.45, 2.75) is 103 Å². The smallest absolute Gasteiger partial charge is 0.457 e. The lowest BCUT2D eigenvalue weighted by atomic mass is 10.1. The molecule has 4 heterocycles. The van der Waals surface area contributed by atoms with E-state index in [0.717, 1.165) is 48.5 Å². The van der Waals surface area contributed by atoms with Gasteiger partial charge in [-0.15, -0.1) is 0 Å². The van der Waals surface area contributed by atoms with Crippen LogP contribution in [-0.4, -0.2) is 86.7 Å². The molecule has 4 aromatic heterocycles. The van der Waals surface area contributed by atoms with Crippen LogP contribution in [0.3, 0.4) is 0 Å². The van der Waals surface area contributed by atoms with Gasteiger partial charge in [-0.1, -0.05) is 39.3 Å². The quantitative estimate of drug-likeness (QED) is 0.0196. The molecule has 0 spiro atoms. The molecule has 2 saturated carbocycles. The van der Waals surface area contributed by atoms with Gasteiger partial charge >= 0.3 is 24.3 Å². The van der Waals surface area contributed by atoms with Crippen molar-refractivity contribution in [1.29, 1.82) is 0 Å². The Morgan fingerprint density at radius 3 is 1.28 bits per heavy atom. The summed E-state index contributed by atoms with van der Waals surface area (Å²) in [6.07, 6.45) is -1.17. The highest BCUT2D eigenvalue weighted by molar-refractivity contribution is 6.76. The molecule has 2 aliphatic carbocycles. The number of alkyl halides is 6. The van der Waals surface area contributed by atoms with E-state index in [-0.39, 0.29) is 44.3 Å². The first kappa shape index (κ1) is 56.4. The Morgan fingerprint density at radius 2 is 0.973 bits per heavy atom. The lowest BCUT2D eigenvalue weighted by molar-refractivity contribution is -0.722. The number of carboxylic acids is 1. The number of carbonyl (C=O) groups is 2. The van der Waals surface area contributed by atoms with Gasteiger partial charge in [0.05, 0.1) is 29.6 Å². The number of hydrogen-bond acceptors (Lipinski definition) is 9. The fraction of sp³-hybridized carbons (Fsp3) is 0.434. The number of aromatic nitrogens is 6. The van der Waals surface area contributed by atoms with Gasteiger partial charge in [0.25, 0.3) is 11.6 Å². The second-order valence-corrected chi connectivity index (χ2v) is 32.8. The number of benzene rings is 2. The van der Waals surface area contributed by atoms with Crippen molar-refractivity contribution in [3.8, 4) is 56.8 Å². The average molecular weight is 1080 g/mol. The monoisotopic (exact) mass is 1080 g/mol. The van der Waals surface area contributed by atoms with Gasteiger partial charge in [0.1, 0.15) is 47.9 Å². The lowest BCUT2D eigenvalue weighted by Gasteiger charge is -2.14. The third-order valence-electron chi connectivity index (χ3n) is 12.9. The van der Waals surface area contributed by atoms with Crippen LogP contribution in [0.15, 0.2) is 97.6 Å².